The molecule has 1 aromatic heterocycles. The molecule has 0 bridgehead atoms. The summed E-state index contributed by atoms with van der Waals surface area (Å²) in [5.41, 5.74) is 9.26. The number of nitrogens with one attached hydrogen (secondary N) is 1. The number of aromatic nitrogens is 2. The highest BCUT2D eigenvalue weighted by Crippen LogP contribution is 2.40. The predicted molar refractivity (Wildman–Crippen MR) is 105 cm³/mol. The average molecular weight is 368 g/mol. The molecule has 3 heterocycles. The molecule has 1 amide bonds. The number of amides is 1. The number of carbonyl (C=O) groups is 1. The van der Waals surface area contributed by atoms with Crippen molar-refractivity contribution in [3.05, 3.63) is 35.4 Å². The first-order chi connectivity index (χ1) is 13.0. The van der Waals surface area contributed by atoms with E-state index in [2.05, 4.69) is 15.3 Å². The zero-order chi connectivity index (χ0) is 19.0. The van der Waals surface area contributed by atoms with Gasteiger partial charge in [-0.2, -0.15) is 9.97 Å². The van der Waals surface area contributed by atoms with Gasteiger partial charge in [0.15, 0.2) is 0 Å². The van der Waals surface area contributed by atoms with E-state index in [0.29, 0.717) is 50.3 Å². The molecule has 3 N–H and O–H groups in total. The Labute approximate surface area is 158 Å². The van der Waals surface area contributed by atoms with E-state index in [-0.39, 0.29) is 11.8 Å². The van der Waals surface area contributed by atoms with Crippen LogP contribution in [0.4, 0.5) is 23.3 Å². The summed E-state index contributed by atoms with van der Waals surface area (Å²) in [7, 11) is 3.99. The Morgan fingerprint density at radius 3 is 2.56 bits per heavy atom. The van der Waals surface area contributed by atoms with Gasteiger partial charge in [0.05, 0.1) is 13.2 Å². The highest BCUT2D eigenvalue weighted by atomic mass is 16.5. The Morgan fingerprint density at radius 1 is 1.19 bits per heavy atom. The fourth-order valence-corrected chi connectivity index (χ4v) is 3.58. The van der Waals surface area contributed by atoms with Gasteiger partial charge in [0.25, 0.3) is 0 Å². The predicted octanol–water partition coefficient (Wildman–Crippen LogP) is 1.44. The zero-order valence-electron chi connectivity index (χ0n) is 15.6. The van der Waals surface area contributed by atoms with Crippen molar-refractivity contribution >= 4 is 29.2 Å². The van der Waals surface area contributed by atoms with Crippen LogP contribution in [-0.2, 0) is 9.53 Å². The molecular weight excluding hydrogens is 344 g/mol. The van der Waals surface area contributed by atoms with Crippen LogP contribution in [0.15, 0.2) is 24.3 Å². The number of nitrogens with zero attached hydrogens (tertiary/aromatic N) is 4. The van der Waals surface area contributed by atoms with Crippen LogP contribution in [0.25, 0.3) is 0 Å². The lowest BCUT2D eigenvalue weighted by Gasteiger charge is -2.30. The Hall–Kier alpha value is -2.87. The van der Waals surface area contributed by atoms with Gasteiger partial charge in [-0.1, -0.05) is 12.1 Å². The van der Waals surface area contributed by atoms with E-state index in [1.165, 1.54) is 0 Å². The largest absolute Gasteiger partial charge is 0.383 e. The van der Waals surface area contributed by atoms with Gasteiger partial charge in [0.2, 0.25) is 11.9 Å². The summed E-state index contributed by atoms with van der Waals surface area (Å²) in [6.07, 6.45) is 0.332. The van der Waals surface area contributed by atoms with Crippen LogP contribution in [-0.4, -0.2) is 56.3 Å². The van der Waals surface area contributed by atoms with Crippen molar-refractivity contribution in [3.63, 3.8) is 0 Å². The molecule has 27 heavy (non-hydrogen) atoms. The summed E-state index contributed by atoms with van der Waals surface area (Å²) >= 11 is 0. The summed E-state index contributed by atoms with van der Waals surface area (Å²) in [4.78, 5) is 25.5. The van der Waals surface area contributed by atoms with Gasteiger partial charge in [0.1, 0.15) is 11.6 Å². The minimum atomic E-state index is -0.149. The number of hydrogen-bond donors (Lipinski definition) is 2. The smallest absolute Gasteiger partial charge is 0.229 e. The minimum absolute atomic E-state index is 0.0600. The van der Waals surface area contributed by atoms with E-state index in [4.69, 9.17) is 10.5 Å². The lowest BCUT2D eigenvalue weighted by molar-refractivity contribution is -0.116. The van der Waals surface area contributed by atoms with Crippen LogP contribution in [0, 0.1) is 0 Å². The molecule has 2 aromatic rings. The Bertz CT molecular complexity index is 846. The zero-order valence-corrected chi connectivity index (χ0v) is 15.6. The minimum Gasteiger partial charge on any atom is -0.383 e. The summed E-state index contributed by atoms with van der Waals surface area (Å²) in [5, 5.41) is 2.87. The van der Waals surface area contributed by atoms with Crippen LogP contribution in [0.1, 0.15) is 23.5 Å². The monoisotopic (exact) mass is 368 g/mol. The fraction of sp³-hybridized carbons (Fsp3) is 0.421. The third-order valence-electron chi connectivity index (χ3n) is 5.06. The highest BCUT2D eigenvalue weighted by molar-refractivity contribution is 5.95. The van der Waals surface area contributed by atoms with E-state index >= 15 is 0 Å². The summed E-state index contributed by atoms with van der Waals surface area (Å²) in [6.45, 7) is 2.68. The first kappa shape index (κ1) is 17.5. The molecule has 142 valence electrons. The average Bonchev–Trinajstić information content (AvgIpc) is 2.67. The lowest BCUT2D eigenvalue weighted by Crippen LogP contribution is -2.38. The molecule has 0 radical (unpaired) electrons. The van der Waals surface area contributed by atoms with Gasteiger partial charge in [0, 0.05) is 50.8 Å². The molecule has 1 fully saturated rings. The quantitative estimate of drug-likeness (QED) is 0.846. The van der Waals surface area contributed by atoms with Gasteiger partial charge in [-0.25, -0.2) is 0 Å². The van der Waals surface area contributed by atoms with Crippen molar-refractivity contribution in [2.45, 2.75) is 12.3 Å². The van der Waals surface area contributed by atoms with Crippen LogP contribution >= 0.6 is 0 Å². The Balaban J connectivity index is 1.71. The Kier molecular flexibility index (Phi) is 4.57. The van der Waals surface area contributed by atoms with Crippen molar-refractivity contribution in [1.82, 2.24) is 9.97 Å². The van der Waals surface area contributed by atoms with E-state index < -0.39 is 0 Å². The maximum atomic E-state index is 12.3. The number of rotatable bonds is 3. The molecule has 1 aromatic carbocycles. The van der Waals surface area contributed by atoms with Crippen LogP contribution in [0.2, 0.25) is 0 Å². The number of morpholine rings is 1. The number of ether oxygens (including phenoxy) is 1. The number of nitrogens with two attached hydrogens (primary N) is 1. The van der Waals surface area contributed by atoms with Crippen molar-refractivity contribution < 1.29 is 9.53 Å². The van der Waals surface area contributed by atoms with Crippen molar-refractivity contribution in [2.75, 3.05) is 61.2 Å². The topological polar surface area (TPSA) is 96.6 Å². The van der Waals surface area contributed by atoms with E-state index in [9.17, 15) is 4.79 Å². The van der Waals surface area contributed by atoms with Crippen LogP contribution in [0.5, 0.6) is 0 Å². The van der Waals surface area contributed by atoms with E-state index in [1.807, 2.05) is 48.2 Å². The van der Waals surface area contributed by atoms with E-state index in [1.54, 1.807) is 0 Å². The molecule has 0 saturated carbocycles. The Morgan fingerprint density at radius 2 is 1.89 bits per heavy atom. The molecule has 1 atom stereocenters. The molecule has 2 aliphatic rings. The molecule has 0 spiro atoms. The summed E-state index contributed by atoms with van der Waals surface area (Å²) in [5.74, 6) is 1.27. The SMILES string of the molecule is CN(C)c1ccc([C@H]2CC(=O)Nc3nc(N4CCOCC4)nc(N)c32)cc1. The van der Waals surface area contributed by atoms with Gasteiger partial charge in [-0.3, -0.25) is 4.79 Å². The molecule has 0 unspecified atom stereocenters. The highest BCUT2D eigenvalue weighted by Gasteiger charge is 2.31. The number of nitrogen functional groups attached to an aromatic ring is 1. The van der Waals surface area contributed by atoms with E-state index in [0.717, 1.165) is 16.8 Å². The molecule has 4 rings (SSSR count). The molecular formula is C19H24N6O2. The maximum absolute atomic E-state index is 12.3. The second-order valence-corrected chi connectivity index (χ2v) is 7.06. The number of carbonyl (C=O) groups excluding carboxylic acids is 1. The van der Waals surface area contributed by atoms with Crippen molar-refractivity contribution in [1.29, 1.82) is 0 Å². The van der Waals surface area contributed by atoms with Gasteiger partial charge in [-0.05, 0) is 17.7 Å². The number of benzene rings is 1. The first-order valence-electron chi connectivity index (χ1n) is 9.10. The number of anilines is 4. The molecule has 2 aliphatic heterocycles. The normalized spacial score (nSPS) is 19.4. The number of fused-ring (bicyclic) bond motifs is 1. The maximum Gasteiger partial charge on any atom is 0.229 e. The fourth-order valence-electron chi connectivity index (χ4n) is 3.58. The second-order valence-electron chi connectivity index (χ2n) is 7.06. The summed E-state index contributed by atoms with van der Waals surface area (Å²) in [6, 6.07) is 8.16. The molecule has 8 heteroatoms. The number of hydrogen-bond acceptors (Lipinski definition) is 7. The van der Waals surface area contributed by atoms with Crippen molar-refractivity contribution in [3.8, 4) is 0 Å². The molecule has 8 nitrogen and oxygen atoms in total. The second kappa shape index (κ2) is 7.03. The third-order valence-corrected chi connectivity index (χ3v) is 5.06. The summed E-state index contributed by atoms with van der Waals surface area (Å²) < 4.78 is 5.38. The van der Waals surface area contributed by atoms with Crippen LogP contribution in [0.3, 0.4) is 0 Å². The standard InChI is InChI=1S/C19H24N6O2/c1-24(2)13-5-3-12(4-6-13)14-11-15(26)21-18-16(14)17(20)22-19(23-18)25-7-9-27-10-8-25/h3-6,14H,7-11H2,1-2H3,(H3,20,21,22,23,26)/t14-/m1/s1. The van der Waals surface area contributed by atoms with Crippen molar-refractivity contribution in [2.24, 2.45) is 0 Å². The lowest BCUT2D eigenvalue weighted by atomic mass is 9.86. The molecule has 0 aliphatic carbocycles. The molecule has 1 saturated heterocycles. The van der Waals surface area contributed by atoms with Gasteiger partial charge < -0.3 is 25.6 Å². The first-order valence-corrected chi connectivity index (χ1v) is 9.10. The van der Waals surface area contributed by atoms with Gasteiger partial charge in [-0.15, -0.1) is 0 Å². The third kappa shape index (κ3) is 3.40. The van der Waals surface area contributed by atoms with Gasteiger partial charge >= 0.3 is 0 Å². The van der Waals surface area contributed by atoms with Crippen LogP contribution < -0.4 is 20.9 Å².